The van der Waals surface area contributed by atoms with Crippen molar-refractivity contribution in [1.82, 2.24) is 0 Å². The number of anilines is 3. The molecule has 0 spiro atoms. The number of fused-ring (bicyclic) bond motifs is 6. The summed E-state index contributed by atoms with van der Waals surface area (Å²) >= 11 is 0. The summed E-state index contributed by atoms with van der Waals surface area (Å²) in [6, 6.07) is 54.8. The van der Waals surface area contributed by atoms with Gasteiger partial charge in [-0.3, -0.25) is 0 Å². The van der Waals surface area contributed by atoms with E-state index in [9.17, 15) is 5.48 Å². The summed E-state index contributed by atoms with van der Waals surface area (Å²) in [6.45, 7) is 0. The first-order valence-corrected chi connectivity index (χ1v) is 15.9. The Morgan fingerprint density at radius 2 is 0.851 bits per heavy atom. The fourth-order valence-electron chi connectivity index (χ4n) is 6.86. The van der Waals surface area contributed by atoms with Crippen molar-refractivity contribution in [2.75, 3.05) is 4.90 Å². The van der Waals surface area contributed by atoms with Gasteiger partial charge in [0.15, 0.2) is 0 Å². The lowest BCUT2D eigenvalue weighted by atomic mass is 9.93. The van der Waals surface area contributed by atoms with Crippen LogP contribution in [0.25, 0.3) is 65.3 Å². The number of hydrogen-bond donors (Lipinski definition) is 0. The predicted molar refractivity (Wildman–Crippen MR) is 202 cm³/mol. The van der Waals surface area contributed by atoms with Gasteiger partial charge >= 0.3 is 0 Å². The quantitative estimate of drug-likeness (QED) is 0.177. The molecule has 9 aromatic carbocycles. The molecule has 1 heteroatoms. The van der Waals surface area contributed by atoms with Gasteiger partial charge in [0.2, 0.25) is 0 Å². The van der Waals surface area contributed by atoms with E-state index >= 15 is 0 Å². The van der Waals surface area contributed by atoms with Crippen LogP contribution in [0, 0.1) is 0 Å². The minimum absolute atomic E-state index is 0.0773. The summed E-state index contributed by atoms with van der Waals surface area (Å²) < 4.78 is 37.3. The Kier molecular flexibility index (Phi) is 5.59. The fourth-order valence-corrected chi connectivity index (χ4v) is 6.86. The summed E-state index contributed by atoms with van der Waals surface area (Å²) in [6.07, 6.45) is 0. The van der Waals surface area contributed by atoms with Gasteiger partial charge in [0.1, 0.15) is 0 Å². The third-order valence-electron chi connectivity index (χ3n) is 9.09. The number of hydrogen-bond acceptors (Lipinski definition) is 1. The van der Waals surface area contributed by atoms with E-state index in [1.807, 2.05) is 71.6 Å². The number of benzene rings is 9. The molecule has 0 aliphatic rings. The van der Waals surface area contributed by atoms with Gasteiger partial charge in [0, 0.05) is 16.8 Å². The molecule has 0 bridgehead atoms. The maximum atomic E-state index is 9.43. The zero-order chi connectivity index (χ0) is 34.6. The molecule has 9 aromatic rings. The molecule has 1 nitrogen and oxygen atoms in total. The highest BCUT2D eigenvalue weighted by atomic mass is 15.1. The molecule has 0 heterocycles. The maximum absolute atomic E-state index is 9.43. The lowest BCUT2D eigenvalue weighted by molar-refractivity contribution is 1.30. The molecule has 0 amide bonds. The Labute approximate surface area is 280 Å². The van der Waals surface area contributed by atoms with Crippen LogP contribution in [0.15, 0.2) is 188 Å². The molecule has 0 saturated carbocycles. The first-order valence-electron chi connectivity index (χ1n) is 17.9. The molecule has 0 unspecified atom stereocenters. The summed E-state index contributed by atoms with van der Waals surface area (Å²) in [5, 5.41) is 8.86. The van der Waals surface area contributed by atoms with Crippen LogP contribution in [0.3, 0.4) is 0 Å². The molecule has 9 rings (SSSR count). The largest absolute Gasteiger partial charge is 0.310 e. The van der Waals surface area contributed by atoms with E-state index in [4.69, 9.17) is 0 Å². The molecule has 0 fully saturated rings. The molecular weight excluding hydrogens is 567 g/mol. The highest BCUT2D eigenvalue weighted by molar-refractivity contribution is 6.15. The number of nitrogens with zero attached hydrogens (tertiary/aromatic N) is 1. The summed E-state index contributed by atoms with van der Waals surface area (Å²) in [7, 11) is 0. The predicted octanol–water partition coefficient (Wildman–Crippen LogP) is 13.1. The van der Waals surface area contributed by atoms with Crippen molar-refractivity contribution in [3.63, 3.8) is 0 Å². The van der Waals surface area contributed by atoms with Crippen molar-refractivity contribution in [1.29, 1.82) is 0 Å². The highest BCUT2D eigenvalue weighted by Crippen LogP contribution is 2.43. The molecule has 0 N–H and O–H groups in total. The van der Waals surface area contributed by atoms with E-state index in [1.54, 1.807) is 0 Å². The summed E-state index contributed by atoms with van der Waals surface area (Å²) in [5.74, 6) is 0. The Morgan fingerprint density at radius 3 is 1.51 bits per heavy atom. The zero-order valence-electron chi connectivity index (χ0n) is 29.5. The van der Waals surface area contributed by atoms with Crippen LogP contribution in [-0.2, 0) is 0 Å². The zero-order valence-corrected chi connectivity index (χ0v) is 25.5. The monoisotopic (exact) mass is 601 g/mol. The van der Waals surface area contributed by atoms with E-state index in [0.29, 0.717) is 5.56 Å². The van der Waals surface area contributed by atoms with Crippen molar-refractivity contribution in [3.8, 4) is 22.3 Å². The van der Waals surface area contributed by atoms with Gasteiger partial charge in [0.25, 0.3) is 0 Å². The normalized spacial score (nSPS) is 12.6. The van der Waals surface area contributed by atoms with Gasteiger partial charge in [0.05, 0.1) is 11.2 Å². The minimum atomic E-state index is -0.100. The first-order chi connectivity index (χ1) is 25.0. The average Bonchev–Trinajstić information content (AvgIpc) is 3.19. The second kappa shape index (κ2) is 11.3. The van der Waals surface area contributed by atoms with Crippen molar-refractivity contribution in [2.45, 2.75) is 0 Å². The maximum Gasteiger partial charge on any atom is 0.0645 e. The van der Waals surface area contributed by atoms with Crippen LogP contribution in [0.2, 0.25) is 0 Å². The molecule has 0 aliphatic carbocycles. The van der Waals surface area contributed by atoms with Gasteiger partial charge in [-0.2, -0.15) is 0 Å². The molecular formula is C46H31N. The van der Waals surface area contributed by atoms with E-state index in [0.717, 1.165) is 49.4 Å². The molecule has 47 heavy (non-hydrogen) atoms. The summed E-state index contributed by atoms with van der Waals surface area (Å²) in [4.78, 5) is 1.91. The Balaban J connectivity index is 1.30. The van der Waals surface area contributed by atoms with E-state index in [2.05, 4.69) is 97.1 Å². The molecule has 0 atom stereocenters. The van der Waals surface area contributed by atoms with Gasteiger partial charge in [-0.25, -0.2) is 0 Å². The van der Waals surface area contributed by atoms with Crippen molar-refractivity contribution in [3.05, 3.63) is 188 Å². The molecule has 0 saturated heterocycles. The molecule has 220 valence electrons. The fraction of sp³-hybridized carbons (Fsp3) is 0. The third kappa shape index (κ3) is 4.72. The van der Waals surface area contributed by atoms with E-state index in [1.165, 1.54) is 16.2 Å². The van der Waals surface area contributed by atoms with E-state index in [-0.39, 0.29) is 35.4 Å². The highest BCUT2D eigenvalue weighted by Gasteiger charge is 2.18. The van der Waals surface area contributed by atoms with Crippen molar-refractivity contribution >= 4 is 60.2 Å². The SMILES string of the molecule is [2H]c1c([2H])c(N(c2ccc(-c3cc4ccccc4c4ccccc34)cc2)c2cc3ccccc3c3ccccc23)c([2H])c([2H])c1-c1ccccc1. The molecule has 0 aliphatic heterocycles. The summed E-state index contributed by atoms with van der Waals surface area (Å²) in [5.41, 5.74) is 4.82. The topological polar surface area (TPSA) is 3.24 Å². The van der Waals surface area contributed by atoms with Gasteiger partial charge < -0.3 is 4.90 Å². The van der Waals surface area contributed by atoms with Gasteiger partial charge in [-0.1, -0.05) is 152 Å². The van der Waals surface area contributed by atoms with Crippen molar-refractivity contribution in [2.24, 2.45) is 0 Å². The van der Waals surface area contributed by atoms with Crippen LogP contribution < -0.4 is 4.90 Å². The second-order valence-corrected chi connectivity index (χ2v) is 11.8. The minimum Gasteiger partial charge on any atom is -0.310 e. The Morgan fingerprint density at radius 1 is 0.340 bits per heavy atom. The average molecular weight is 602 g/mol. The Hall–Kier alpha value is -6.18. The standard InChI is InChI=1S/C46H31N/c1-2-12-32(13-3-1)33-22-26-37(27-23-33)47(46-31-36-15-5-7-17-40(36)42-19-10-11-21-44(42)46)38-28-24-34(25-29-38)45-30-35-14-4-6-16-39(35)41-18-8-9-20-43(41)45/h1-31H/i22D,23D,26D,27D. The third-order valence-corrected chi connectivity index (χ3v) is 9.09. The smallest absolute Gasteiger partial charge is 0.0645 e. The lowest BCUT2D eigenvalue weighted by Crippen LogP contribution is -2.10. The molecule has 0 aromatic heterocycles. The van der Waals surface area contributed by atoms with Crippen LogP contribution >= 0.6 is 0 Å². The van der Waals surface area contributed by atoms with Crippen LogP contribution in [0.5, 0.6) is 0 Å². The van der Waals surface area contributed by atoms with Crippen LogP contribution in [0.1, 0.15) is 5.48 Å². The van der Waals surface area contributed by atoms with Crippen LogP contribution in [-0.4, -0.2) is 0 Å². The van der Waals surface area contributed by atoms with Gasteiger partial charge in [-0.05, 0) is 96.3 Å². The Bertz CT molecular complexity index is 2760. The van der Waals surface area contributed by atoms with Gasteiger partial charge in [-0.15, -0.1) is 0 Å². The van der Waals surface area contributed by atoms with E-state index < -0.39 is 0 Å². The second-order valence-electron chi connectivity index (χ2n) is 11.8. The number of rotatable bonds is 5. The van der Waals surface area contributed by atoms with Crippen molar-refractivity contribution < 1.29 is 5.48 Å². The lowest BCUT2D eigenvalue weighted by Gasteiger charge is -2.28. The first kappa shape index (κ1) is 23.2. The van der Waals surface area contributed by atoms with Crippen LogP contribution in [0.4, 0.5) is 17.1 Å². The molecule has 0 radical (unpaired) electrons.